The van der Waals surface area contributed by atoms with Gasteiger partial charge in [-0.25, -0.2) is 0 Å². The third-order valence-corrected chi connectivity index (χ3v) is 6.82. The van der Waals surface area contributed by atoms with E-state index in [9.17, 15) is 4.79 Å². The van der Waals surface area contributed by atoms with Gasteiger partial charge in [-0.1, -0.05) is 59.1 Å². The summed E-state index contributed by atoms with van der Waals surface area (Å²) in [5.41, 5.74) is 3.67. The number of carbonyl (C=O) groups excluding carboxylic acids is 1. The number of hydrogen-bond donors (Lipinski definition) is 1. The quantitative estimate of drug-likeness (QED) is 0.533. The zero-order valence-electron chi connectivity index (χ0n) is 16.8. The summed E-state index contributed by atoms with van der Waals surface area (Å²) >= 11 is 13.9. The molecule has 3 nitrogen and oxygen atoms in total. The van der Waals surface area contributed by atoms with Crippen molar-refractivity contribution < 1.29 is 4.79 Å². The third-order valence-electron chi connectivity index (χ3n) is 5.22. The Balaban J connectivity index is 1.37. The van der Waals surface area contributed by atoms with Crippen LogP contribution in [0.5, 0.6) is 0 Å². The highest BCUT2D eigenvalue weighted by Crippen LogP contribution is 2.24. The minimum atomic E-state index is 0.0879. The van der Waals surface area contributed by atoms with Gasteiger partial charge in [-0.05, 0) is 49.6 Å². The molecule has 0 spiro atoms. The number of aryl methyl sites for hydroxylation is 1. The fraction of sp³-hybridized carbons (Fsp3) is 0.435. The van der Waals surface area contributed by atoms with Crippen LogP contribution in [0.15, 0.2) is 42.5 Å². The van der Waals surface area contributed by atoms with Crippen LogP contribution >= 0.6 is 35.0 Å². The van der Waals surface area contributed by atoms with Gasteiger partial charge in [0.15, 0.2) is 0 Å². The number of amides is 1. The molecule has 3 rings (SSSR count). The van der Waals surface area contributed by atoms with Crippen molar-refractivity contribution >= 4 is 40.9 Å². The van der Waals surface area contributed by atoms with Gasteiger partial charge in [-0.2, -0.15) is 11.8 Å². The van der Waals surface area contributed by atoms with E-state index < -0.39 is 0 Å². The fourth-order valence-electron chi connectivity index (χ4n) is 3.58. The average molecular weight is 451 g/mol. The molecular formula is C23H28Cl2N2OS. The second kappa shape index (κ2) is 11.3. The number of hydrogen-bond acceptors (Lipinski definition) is 3. The normalized spacial score (nSPS) is 17.3. The molecule has 1 saturated heterocycles. The maximum Gasteiger partial charge on any atom is 0.224 e. The average Bonchev–Trinajstić information content (AvgIpc) is 2.71. The van der Waals surface area contributed by atoms with Crippen molar-refractivity contribution in [2.45, 2.75) is 32.1 Å². The standard InChI is InChI=1S/C23H28Cl2N2OS/c1-17-4-6-18(7-5-17)14-27-11-2-3-19(15-27)23(28)26-10-12-29-16-20-8-9-21(24)13-22(20)25/h4-9,13,19H,2-3,10-12,14-16H2,1H3,(H,26,28). The van der Waals surface area contributed by atoms with Crippen LogP contribution in [-0.2, 0) is 17.1 Å². The summed E-state index contributed by atoms with van der Waals surface area (Å²) in [7, 11) is 0. The Bertz CT molecular complexity index is 813. The van der Waals surface area contributed by atoms with Gasteiger partial charge in [0.1, 0.15) is 0 Å². The lowest BCUT2D eigenvalue weighted by Crippen LogP contribution is -2.43. The van der Waals surface area contributed by atoms with Crippen molar-refractivity contribution in [1.82, 2.24) is 10.2 Å². The molecular weight excluding hydrogens is 423 g/mol. The molecule has 1 amide bonds. The molecule has 2 aromatic carbocycles. The van der Waals surface area contributed by atoms with Crippen molar-refractivity contribution in [3.8, 4) is 0 Å². The molecule has 0 bridgehead atoms. The van der Waals surface area contributed by atoms with Crippen LogP contribution in [0.1, 0.15) is 29.5 Å². The number of piperidine rings is 1. The minimum Gasteiger partial charge on any atom is -0.355 e. The molecule has 0 radical (unpaired) electrons. The van der Waals surface area contributed by atoms with Gasteiger partial charge in [0.2, 0.25) is 5.91 Å². The molecule has 29 heavy (non-hydrogen) atoms. The molecule has 1 aliphatic rings. The first-order valence-corrected chi connectivity index (χ1v) is 12.0. The van der Waals surface area contributed by atoms with E-state index in [1.165, 1.54) is 11.1 Å². The minimum absolute atomic E-state index is 0.0879. The molecule has 6 heteroatoms. The summed E-state index contributed by atoms with van der Waals surface area (Å²) in [6, 6.07) is 14.3. The molecule has 0 saturated carbocycles. The Morgan fingerprint density at radius 2 is 2.00 bits per heavy atom. The summed E-state index contributed by atoms with van der Waals surface area (Å²) in [6.45, 7) is 5.61. The van der Waals surface area contributed by atoms with Crippen LogP contribution in [0.3, 0.4) is 0 Å². The highest BCUT2D eigenvalue weighted by molar-refractivity contribution is 7.98. The monoisotopic (exact) mass is 450 g/mol. The first-order chi connectivity index (χ1) is 14.0. The topological polar surface area (TPSA) is 32.3 Å². The number of rotatable bonds is 8. The van der Waals surface area contributed by atoms with Crippen molar-refractivity contribution in [2.24, 2.45) is 5.92 Å². The molecule has 2 aromatic rings. The molecule has 1 heterocycles. The lowest BCUT2D eigenvalue weighted by atomic mass is 9.96. The molecule has 0 aromatic heterocycles. The van der Waals surface area contributed by atoms with Gasteiger partial charge in [0.05, 0.1) is 5.92 Å². The Hall–Kier alpha value is -1.20. The van der Waals surface area contributed by atoms with Gasteiger partial charge >= 0.3 is 0 Å². The summed E-state index contributed by atoms with van der Waals surface area (Å²) in [4.78, 5) is 15.0. The smallest absolute Gasteiger partial charge is 0.224 e. The Morgan fingerprint density at radius 3 is 2.76 bits per heavy atom. The molecule has 1 unspecified atom stereocenters. The Kier molecular flexibility index (Phi) is 8.73. The maximum atomic E-state index is 12.6. The zero-order valence-corrected chi connectivity index (χ0v) is 19.1. The number of benzene rings is 2. The summed E-state index contributed by atoms with van der Waals surface area (Å²) in [5, 5.41) is 4.47. The van der Waals surface area contributed by atoms with Crippen LogP contribution in [0.2, 0.25) is 10.0 Å². The predicted molar refractivity (Wildman–Crippen MR) is 125 cm³/mol. The predicted octanol–water partition coefficient (Wildman–Crippen LogP) is 5.56. The second-order valence-electron chi connectivity index (χ2n) is 7.64. The highest BCUT2D eigenvalue weighted by Gasteiger charge is 2.25. The number of likely N-dealkylation sites (tertiary alicyclic amines) is 1. The van der Waals surface area contributed by atoms with Crippen molar-refractivity contribution in [3.05, 3.63) is 69.2 Å². The van der Waals surface area contributed by atoms with E-state index in [1.807, 2.05) is 12.1 Å². The molecule has 0 aliphatic carbocycles. The Labute approximate surface area is 188 Å². The third kappa shape index (κ3) is 7.21. The van der Waals surface area contributed by atoms with Crippen molar-refractivity contribution in [3.63, 3.8) is 0 Å². The van der Waals surface area contributed by atoms with E-state index in [0.29, 0.717) is 16.6 Å². The van der Waals surface area contributed by atoms with Gasteiger partial charge in [-0.3, -0.25) is 9.69 Å². The number of thioether (sulfide) groups is 1. The van der Waals surface area contributed by atoms with Crippen LogP contribution in [0.25, 0.3) is 0 Å². The number of halogens is 2. The number of nitrogens with zero attached hydrogens (tertiary/aromatic N) is 1. The van der Waals surface area contributed by atoms with E-state index in [0.717, 1.165) is 49.5 Å². The van der Waals surface area contributed by atoms with Gasteiger partial charge in [-0.15, -0.1) is 0 Å². The molecule has 1 atom stereocenters. The van der Waals surface area contributed by atoms with Crippen molar-refractivity contribution in [1.29, 1.82) is 0 Å². The van der Waals surface area contributed by atoms with E-state index in [2.05, 4.69) is 41.4 Å². The molecule has 1 aliphatic heterocycles. The summed E-state index contributed by atoms with van der Waals surface area (Å²) in [5.74, 6) is 1.96. The van der Waals surface area contributed by atoms with Gasteiger partial charge in [0, 0.05) is 41.2 Å². The lowest BCUT2D eigenvalue weighted by molar-refractivity contribution is -0.126. The van der Waals surface area contributed by atoms with Crippen LogP contribution in [0, 0.1) is 12.8 Å². The van der Waals surface area contributed by atoms with E-state index in [-0.39, 0.29) is 11.8 Å². The maximum absolute atomic E-state index is 12.6. The summed E-state index contributed by atoms with van der Waals surface area (Å²) in [6.07, 6.45) is 2.05. The van der Waals surface area contributed by atoms with E-state index >= 15 is 0 Å². The van der Waals surface area contributed by atoms with E-state index in [4.69, 9.17) is 23.2 Å². The number of carbonyl (C=O) groups is 1. The first-order valence-electron chi connectivity index (χ1n) is 10.1. The summed E-state index contributed by atoms with van der Waals surface area (Å²) < 4.78 is 0. The lowest BCUT2D eigenvalue weighted by Gasteiger charge is -2.32. The molecule has 1 N–H and O–H groups in total. The fourth-order valence-corrected chi connectivity index (χ4v) is 4.99. The van der Waals surface area contributed by atoms with E-state index in [1.54, 1.807) is 17.8 Å². The van der Waals surface area contributed by atoms with Crippen LogP contribution < -0.4 is 5.32 Å². The first kappa shape index (κ1) is 22.5. The number of nitrogens with one attached hydrogen (secondary N) is 1. The van der Waals surface area contributed by atoms with Gasteiger partial charge in [0.25, 0.3) is 0 Å². The SMILES string of the molecule is Cc1ccc(CN2CCCC(C(=O)NCCSCc3ccc(Cl)cc3Cl)C2)cc1. The zero-order chi connectivity index (χ0) is 20.6. The van der Waals surface area contributed by atoms with Crippen LogP contribution in [0.4, 0.5) is 0 Å². The Morgan fingerprint density at radius 1 is 1.21 bits per heavy atom. The highest BCUT2D eigenvalue weighted by atomic mass is 35.5. The van der Waals surface area contributed by atoms with Gasteiger partial charge < -0.3 is 5.32 Å². The second-order valence-corrected chi connectivity index (χ2v) is 9.59. The molecule has 156 valence electrons. The largest absolute Gasteiger partial charge is 0.355 e. The molecule has 1 fully saturated rings. The van der Waals surface area contributed by atoms with Crippen LogP contribution in [-0.4, -0.2) is 36.2 Å². The van der Waals surface area contributed by atoms with Crippen molar-refractivity contribution in [2.75, 3.05) is 25.4 Å².